The standard InChI is InChI=1S/C14H25N5/c1-3-13(4-5-15)18-6-8-19(9-7-18)14-16-10-12(2)11-17-14/h10-11,13H,3-9,15H2,1-2H3. The van der Waals surface area contributed by atoms with Crippen molar-refractivity contribution in [1.82, 2.24) is 14.9 Å². The Morgan fingerprint density at radius 2 is 1.84 bits per heavy atom. The minimum absolute atomic E-state index is 0.631. The lowest BCUT2D eigenvalue weighted by molar-refractivity contribution is 0.172. The van der Waals surface area contributed by atoms with Crippen LogP contribution in [0.3, 0.4) is 0 Å². The fraction of sp³-hybridized carbons (Fsp3) is 0.714. The predicted octanol–water partition coefficient (Wildman–Crippen LogP) is 1.03. The first-order valence-electron chi connectivity index (χ1n) is 7.22. The van der Waals surface area contributed by atoms with Crippen LogP contribution in [-0.4, -0.2) is 53.6 Å². The number of piperazine rings is 1. The van der Waals surface area contributed by atoms with Gasteiger partial charge in [-0.2, -0.15) is 0 Å². The smallest absolute Gasteiger partial charge is 0.225 e. The average Bonchev–Trinajstić information content (AvgIpc) is 2.46. The van der Waals surface area contributed by atoms with Crippen LogP contribution in [0.15, 0.2) is 12.4 Å². The number of aryl methyl sites for hydroxylation is 1. The molecule has 106 valence electrons. The van der Waals surface area contributed by atoms with E-state index in [-0.39, 0.29) is 0 Å². The normalized spacial score (nSPS) is 18.6. The van der Waals surface area contributed by atoms with Gasteiger partial charge < -0.3 is 10.6 Å². The Kier molecular flexibility index (Phi) is 5.10. The molecule has 0 aliphatic carbocycles. The molecule has 0 radical (unpaired) electrons. The molecule has 0 bridgehead atoms. The van der Waals surface area contributed by atoms with Crippen LogP contribution in [0.5, 0.6) is 0 Å². The number of nitrogens with two attached hydrogens (primary N) is 1. The molecule has 1 unspecified atom stereocenters. The van der Waals surface area contributed by atoms with Gasteiger partial charge in [-0.15, -0.1) is 0 Å². The molecule has 2 rings (SSSR count). The Hall–Kier alpha value is -1.20. The average molecular weight is 263 g/mol. The van der Waals surface area contributed by atoms with Crippen LogP contribution in [-0.2, 0) is 0 Å². The van der Waals surface area contributed by atoms with E-state index in [9.17, 15) is 0 Å². The minimum atomic E-state index is 0.631. The van der Waals surface area contributed by atoms with Gasteiger partial charge in [0.1, 0.15) is 0 Å². The summed E-state index contributed by atoms with van der Waals surface area (Å²) < 4.78 is 0. The molecular weight excluding hydrogens is 238 g/mol. The molecule has 0 saturated carbocycles. The van der Waals surface area contributed by atoms with E-state index in [0.717, 1.165) is 50.7 Å². The number of aromatic nitrogens is 2. The van der Waals surface area contributed by atoms with Gasteiger partial charge in [-0.3, -0.25) is 4.90 Å². The second-order valence-electron chi connectivity index (χ2n) is 5.22. The Labute approximate surface area is 115 Å². The van der Waals surface area contributed by atoms with Crippen molar-refractivity contribution in [3.63, 3.8) is 0 Å². The van der Waals surface area contributed by atoms with E-state index in [1.807, 2.05) is 19.3 Å². The summed E-state index contributed by atoms with van der Waals surface area (Å²) in [6.07, 6.45) is 6.05. The molecule has 5 nitrogen and oxygen atoms in total. The number of nitrogens with zero attached hydrogens (tertiary/aromatic N) is 4. The number of hydrogen-bond acceptors (Lipinski definition) is 5. The second-order valence-corrected chi connectivity index (χ2v) is 5.22. The van der Waals surface area contributed by atoms with Crippen molar-refractivity contribution in [2.75, 3.05) is 37.6 Å². The van der Waals surface area contributed by atoms with Gasteiger partial charge in [0.05, 0.1) is 0 Å². The van der Waals surface area contributed by atoms with Crippen LogP contribution in [0.1, 0.15) is 25.3 Å². The number of hydrogen-bond donors (Lipinski definition) is 1. The maximum Gasteiger partial charge on any atom is 0.225 e. The maximum absolute atomic E-state index is 5.69. The van der Waals surface area contributed by atoms with Crippen LogP contribution in [0.2, 0.25) is 0 Å². The molecule has 19 heavy (non-hydrogen) atoms. The minimum Gasteiger partial charge on any atom is -0.338 e. The third kappa shape index (κ3) is 3.64. The Bertz CT molecular complexity index is 370. The van der Waals surface area contributed by atoms with E-state index < -0.39 is 0 Å². The molecule has 1 aliphatic rings. The lowest BCUT2D eigenvalue weighted by atomic mass is 10.1. The number of rotatable bonds is 5. The SMILES string of the molecule is CCC(CCN)N1CCN(c2ncc(C)cn2)CC1. The van der Waals surface area contributed by atoms with Crippen LogP contribution in [0.4, 0.5) is 5.95 Å². The fourth-order valence-electron chi connectivity index (χ4n) is 2.67. The van der Waals surface area contributed by atoms with Gasteiger partial charge in [0.2, 0.25) is 5.95 Å². The van der Waals surface area contributed by atoms with Crippen LogP contribution in [0, 0.1) is 6.92 Å². The maximum atomic E-state index is 5.69. The van der Waals surface area contributed by atoms with E-state index in [0.29, 0.717) is 6.04 Å². The van der Waals surface area contributed by atoms with Crippen LogP contribution < -0.4 is 10.6 Å². The molecule has 2 N–H and O–H groups in total. The summed E-state index contributed by atoms with van der Waals surface area (Å²) >= 11 is 0. The van der Waals surface area contributed by atoms with Crippen LogP contribution in [0.25, 0.3) is 0 Å². The summed E-state index contributed by atoms with van der Waals surface area (Å²) in [5, 5.41) is 0. The molecule has 1 fully saturated rings. The molecule has 0 spiro atoms. The van der Waals surface area contributed by atoms with Gasteiger partial charge in [0.25, 0.3) is 0 Å². The Morgan fingerprint density at radius 3 is 2.37 bits per heavy atom. The molecule has 5 heteroatoms. The largest absolute Gasteiger partial charge is 0.338 e. The summed E-state index contributed by atoms with van der Waals surface area (Å²) in [6, 6.07) is 0.631. The van der Waals surface area contributed by atoms with Crippen molar-refractivity contribution in [2.24, 2.45) is 5.73 Å². The highest BCUT2D eigenvalue weighted by molar-refractivity contribution is 5.30. The first kappa shape index (κ1) is 14.2. The Balaban J connectivity index is 1.89. The molecule has 1 atom stereocenters. The van der Waals surface area contributed by atoms with Gasteiger partial charge in [-0.05, 0) is 31.9 Å². The zero-order valence-electron chi connectivity index (χ0n) is 12.0. The summed E-state index contributed by atoms with van der Waals surface area (Å²) in [5.41, 5.74) is 6.79. The zero-order chi connectivity index (χ0) is 13.7. The lowest BCUT2D eigenvalue weighted by Crippen LogP contribution is -2.51. The van der Waals surface area contributed by atoms with Crippen molar-refractivity contribution in [1.29, 1.82) is 0 Å². The molecule has 2 heterocycles. The van der Waals surface area contributed by atoms with Gasteiger partial charge in [-0.25, -0.2) is 9.97 Å². The van der Waals surface area contributed by atoms with Gasteiger partial charge in [-0.1, -0.05) is 6.92 Å². The summed E-state index contributed by atoms with van der Waals surface area (Å²) in [6.45, 7) is 9.20. The third-order valence-corrected chi connectivity index (χ3v) is 3.85. The zero-order valence-corrected chi connectivity index (χ0v) is 12.0. The van der Waals surface area contributed by atoms with Crippen molar-refractivity contribution in [2.45, 2.75) is 32.7 Å². The monoisotopic (exact) mass is 263 g/mol. The molecule has 1 saturated heterocycles. The molecule has 1 aromatic rings. The molecule has 0 aromatic carbocycles. The van der Waals surface area contributed by atoms with Gasteiger partial charge >= 0.3 is 0 Å². The van der Waals surface area contributed by atoms with E-state index in [2.05, 4.69) is 26.7 Å². The molecule has 0 amide bonds. The summed E-state index contributed by atoms with van der Waals surface area (Å²) in [5.74, 6) is 0.858. The second kappa shape index (κ2) is 6.82. The summed E-state index contributed by atoms with van der Waals surface area (Å²) in [4.78, 5) is 13.6. The highest BCUT2D eigenvalue weighted by Crippen LogP contribution is 2.15. The lowest BCUT2D eigenvalue weighted by Gasteiger charge is -2.39. The summed E-state index contributed by atoms with van der Waals surface area (Å²) in [7, 11) is 0. The first-order valence-corrected chi connectivity index (χ1v) is 7.22. The van der Waals surface area contributed by atoms with Crippen molar-refractivity contribution < 1.29 is 0 Å². The van der Waals surface area contributed by atoms with E-state index in [1.165, 1.54) is 6.42 Å². The van der Waals surface area contributed by atoms with Crippen LogP contribution >= 0.6 is 0 Å². The van der Waals surface area contributed by atoms with Crippen molar-refractivity contribution in [3.8, 4) is 0 Å². The quantitative estimate of drug-likeness (QED) is 0.860. The highest BCUT2D eigenvalue weighted by atomic mass is 15.3. The predicted molar refractivity (Wildman–Crippen MR) is 78.3 cm³/mol. The number of anilines is 1. The first-order chi connectivity index (χ1) is 9.24. The molecule has 1 aliphatic heterocycles. The van der Waals surface area contributed by atoms with Crippen molar-refractivity contribution in [3.05, 3.63) is 18.0 Å². The highest BCUT2D eigenvalue weighted by Gasteiger charge is 2.23. The molecule has 1 aromatic heterocycles. The van der Waals surface area contributed by atoms with Gasteiger partial charge in [0, 0.05) is 44.6 Å². The van der Waals surface area contributed by atoms with E-state index in [1.54, 1.807) is 0 Å². The third-order valence-electron chi connectivity index (χ3n) is 3.85. The van der Waals surface area contributed by atoms with E-state index in [4.69, 9.17) is 5.73 Å². The van der Waals surface area contributed by atoms with Gasteiger partial charge in [0.15, 0.2) is 0 Å². The fourth-order valence-corrected chi connectivity index (χ4v) is 2.67. The Morgan fingerprint density at radius 1 is 1.21 bits per heavy atom. The van der Waals surface area contributed by atoms with E-state index >= 15 is 0 Å². The topological polar surface area (TPSA) is 58.3 Å². The molecular formula is C14H25N5. The van der Waals surface area contributed by atoms with Crippen molar-refractivity contribution >= 4 is 5.95 Å².